The molecule has 0 aliphatic carbocycles. The number of anilines is 2. The molecule has 4 nitrogen and oxygen atoms in total. The largest absolute Gasteiger partial charge is 0.366 e. The SMILES string of the molecule is C[C@@H](Nc1nc(NCc2ccc(F)c(Cl)c2)nc2c(Br)cccc12)C(C)(C)C. The highest BCUT2D eigenvalue weighted by atomic mass is 79.9. The van der Waals surface area contributed by atoms with Gasteiger partial charge in [0.2, 0.25) is 5.95 Å². The lowest BCUT2D eigenvalue weighted by molar-refractivity contribution is 0.359. The predicted molar refractivity (Wildman–Crippen MR) is 119 cm³/mol. The summed E-state index contributed by atoms with van der Waals surface area (Å²) < 4.78 is 14.3. The summed E-state index contributed by atoms with van der Waals surface area (Å²) in [5, 5.41) is 7.78. The Hall–Kier alpha value is -1.92. The number of hydrogen-bond acceptors (Lipinski definition) is 4. The van der Waals surface area contributed by atoms with Crippen molar-refractivity contribution in [3.63, 3.8) is 0 Å². The first kappa shape index (κ1) is 20.8. The van der Waals surface area contributed by atoms with Gasteiger partial charge in [-0.1, -0.05) is 44.5 Å². The lowest BCUT2D eigenvalue weighted by atomic mass is 9.88. The number of halogens is 3. The second-order valence-corrected chi connectivity index (χ2v) is 9.13. The number of hydrogen-bond donors (Lipinski definition) is 2. The standard InChI is InChI=1S/C21H23BrClFN4/c1-12(21(2,3)4)26-19-14-6-5-7-15(22)18(14)27-20(28-19)25-11-13-8-9-17(24)16(23)10-13/h5-10,12H,11H2,1-4H3,(H2,25,26,27,28)/t12-/m1/s1. The molecule has 148 valence electrons. The second-order valence-electron chi connectivity index (χ2n) is 7.87. The average molecular weight is 466 g/mol. The van der Waals surface area contributed by atoms with Gasteiger partial charge in [0.05, 0.1) is 10.5 Å². The molecule has 1 aromatic heterocycles. The van der Waals surface area contributed by atoms with E-state index >= 15 is 0 Å². The van der Waals surface area contributed by atoms with Crippen LogP contribution in [-0.2, 0) is 6.54 Å². The zero-order chi connectivity index (χ0) is 20.5. The maximum atomic E-state index is 13.4. The summed E-state index contributed by atoms with van der Waals surface area (Å²) in [5.41, 5.74) is 1.74. The van der Waals surface area contributed by atoms with Crippen LogP contribution in [-0.4, -0.2) is 16.0 Å². The third-order valence-electron chi connectivity index (χ3n) is 4.76. The van der Waals surface area contributed by atoms with Crippen LogP contribution in [0.15, 0.2) is 40.9 Å². The summed E-state index contributed by atoms with van der Waals surface area (Å²) in [6.45, 7) is 9.12. The van der Waals surface area contributed by atoms with Gasteiger partial charge in [-0.2, -0.15) is 4.98 Å². The molecule has 0 spiro atoms. The first-order chi connectivity index (χ1) is 13.1. The van der Waals surface area contributed by atoms with Crippen LogP contribution in [0.1, 0.15) is 33.3 Å². The fraction of sp³-hybridized carbons (Fsp3) is 0.333. The molecule has 28 heavy (non-hydrogen) atoms. The number of aromatic nitrogens is 2. The Labute approximate surface area is 178 Å². The zero-order valence-electron chi connectivity index (χ0n) is 16.3. The van der Waals surface area contributed by atoms with Crippen LogP contribution < -0.4 is 10.6 Å². The Morgan fingerprint density at radius 2 is 1.93 bits per heavy atom. The van der Waals surface area contributed by atoms with E-state index in [-0.39, 0.29) is 16.5 Å². The van der Waals surface area contributed by atoms with Crippen molar-refractivity contribution in [1.82, 2.24) is 9.97 Å². The number of benzene rings is 2. The predicted octanol–water partition coefficient (Wildman–Crippen LogP) is 6.64. The van der Waals surface area contributed by atoms with E-state index in [4.69, 9.17) is 11.6 Å². The maximum Gasteiger partial charge on any atom is 0.225 e. The number of nitrogens with one attached hydrogen (secondary N) is 2. The van der Waals surface area contributed by atoms with Crippen molar-refractivity contribution in [3.8, 4) is 0 Å². The summed E-state index contributed by atoms with van der Waals surface area (Å²) in [5.74, 6) is 0.829. The fourth-order valence-corrected chi connectivity index (χ4v) is 3.22. The van der Waals surface area contributed by atoms with E-state index in [1.54, 1.807) is 12.1 Å². The van der Waals surface area contributed by atoms with E-state index in [0.29, 0.717) is 12.5 Å². The highest BCUT2D eigenvalue weighted by molar-refractivity contribution is 9.10. The number of nitrogens with zero attached hydrogens (tertiary/aromatic N) is 2. The molecule has 0 saturated carbocycles. The third-order valence-corrected chi connectivity index (χ3v) is 5.69. The molecule has 3 aromatic rings. The van der Waals surface area contributed by atoms with Crippen LogP contribution in [0.2, 0.25) is 5.02 Å². The molecule has 2 N–H and O–H groups in total. The molecule has 1 atom stereocenters. The minimum atomic E-state index is -0.432. The van der Waals surface area contributed by atoms with Gasteiger partial charge in [-0.3, -0.25) is 0 Å². The van der Waals surface area contributed by atoms with Gasteiger partial charge in [0, 0.05) is 22.4 Å². The van der Waals surface area contributed by atoms with Crippen LogP contribution >= 0.6 is 27.5 Å². The van der Waals surface area contributed by atoms with Gasteiger partial charge in [-0.25, -0.2) is 9.37 Å². The first-order valence-corrected chi connectivity index (χ1v) is 10.2. The van der Waals surface area contributed by atoms with Crippen molar-refractivity contribution in [3.05, 3.63) is 57.3 Å². The molecule has 2 aromatic carbocycles. The zero-order valence-corrected chi connectivity index (χ0v) is 18.6. The van der Waals surface area contributed by atoms with E-state index in [1.807, 2.05) is 18.2 Å². The van der Waals surface area contributed by atoms with E-state index in [9.17, 15) is 4.39 Å². The maximum absolute atomic E-state index is 13.4. The fourth-order valence-electron chi connectivity index (χ4n) is 2.56. The summed E-state index contributed by atoms with van der Waals surface area (Å²) in [7, 11) is 0. The molecule has 0 aliphatic heterocycles. The highest BCUT2D eigenvalue weighted by Crippen LogP contribution is 2.31. The Bertz CT molecular complexity index is 1000. The van der Waals surface area contributed by atoms with Crippen molar-refractivity contribution in [2.45, 2.75) is 40.3 Å². The minimum Gasteiger partial charge on any atom is -0.366 e. The van der Waals surface area contributed by atoms with Gasteiger partial charge in [0.25, 0.3) is 0 Å². The lowest BCUT2D eigenvalue weighted by Crippen LogP contribution is -2.31. The molecule has 1 heterocycles. The normalized spacial score (nSPS) is 12.8. The molecule has 3 rings (SSSR count). The van der Waals surface area contributed by atoms with E-state index < -0.39 is 5.82 Å². The topological polar surface area (TPSA) is 49.8 Å². The summed E-state index contributed by atoms with van der Waals surface area (Å²) in [4.78, 5) is 9.33. The van der Waals surface area contributed by atoms with E-state index in [2.05, 4.69) is 64.2 Å². The van der Waals surface area contributed by atoms with Crippen molar-refractivity contribution in [2.24, 2.45) is 5.41 Å². The quantitative estimate of drug-likeness (QED) is 0.443. The summed E-state index contributed by atoms with van der Waals surface area (Å²) in [6.07, 6.45) is 0. The van der Waals surface area contributed by atoms with Crippen molar-refractivity contribution in [2.75, 3.05) is 10.6 Å². The van der Waals surface area contributed by atoms with E-state index in [1.165, 1.54) is 6.07 Å². The monoisotopic (exact) mass is 464 g/mol. The van der Waals surface area contributed by atoms with Gasteiger partial charge in [-0.15, -0.1) is 0 Å². The Balaban J connectivity index is 1.93. The number of fused-ring (bicyclic) bond motifs is 1. The Kier molecular flexibility index (Phi) is 6.10. The highest BCUT2D eigenvalue weighted by Gasteiger charge is 2.21. The number of rotatable bonds is 5. The summed E-state index contributed by atoms with van der Waals surface area (Å²) >= 11 is 9.45. The van der Waals surface area contributed by atoms with Crippen LogP contribution in [0.5, 0.6) is 0 Å². The molecule has 0 bridgehead atoms. The van der Waals surface area contributed by atoms with Crippen molar-refractivity contribution >= 4 is 50.2 Å². The molecule has 0 unspecified atom stereocenters. The first-order valence-electron chi connectivity index (χ1n) is 9.06. The van der Waals surface area contributed by atoms with Crippen LogP contribution in [0.3, 0.4) is 0 Å². The molecular weight excluding hydrogens is 443 g/mol. The van der Waals surface area contributed by atoms with Crippen LogP contribution in [0, 0.1) is 11.2 Å². The van der Waals surface area contributed by atoms with Gasteiger partial charge < -0.3 is 10.6 Å². The Morgan fingerprint density at radius 3 is 2.61 bits per heavy atom. The van der Waals surface area contributed by atoms with Crippen molar-refractivity contribution in [1.29, 1.82) is 0 Å². The molecular formula is C21H23BrClFN4. The number of para-hydroxylation sites is 1. The molecule has 0 saturated heterocycles. The van der Waals surface area contributed by atoms with Gasteiger partial charge in [0.15, 0.2) is 0 Å². The molecule has 0 aliphatic rings. The average Bonchev–Trinajstić information content (AvgIpc) is 2.62. The van der Waals surface area contributed by atoms with Gasteiger partial charge >= 0.3 is 0 Å². The van der Waals surface area contributed by atoms with Crippen molar-refractivity contribution < 1.29 is 4.39 Å². The molecule has 0 fully saturated rings. The van der Waals surface area contributed by atoms with Crippen LogP contribution in [0.4, 0.5) is 16.2 Å². The summed E-state index contributed by atoms with van der Waals surface area (Å²) in [6, 6.07) is 10.8. The second kappa shape index (κ2) is 8.21. The third kappa shape index (κ3) is 4.73. The van der Waals surface area contributed by atoms with Crippen LogP contribution in [0.25, 0.3) is 10.9 Å². The van der Waals surface area contributed by atoms with E-state index in [0.717, 1.165) is 26.8 Å². The Morgan fingerprint density at radius 1 is 1.18 bits per heavy atom. The molecule has 0 radical (unpaired) electrons. The molecule has 7 heteroatoms. The molecule has 0 amide bonds. The minimum absolute atomic E-state index is 0.0712. The van der Waals surface area contributed by atoms with Gasteiger partial charge in [-0.05, 0) is 58.1 Å². The smallest absolute Gasteiger partial charge is 0.225 e. The van der Waals surface area contributed by atoms with Gasteiger partial charge in [0.1, 0.15) is 11.6 Å². The lowest BCUT2D eigenvalue weighted by Gasteiger charge is -2.29.